The summed E-state index contributed by atoms with van der Waals surface area (Å²) in [5, 5.41) is 8.56. The Hall–Kier alpha value is -1.06. The molecule has 0 aromatic rings. The summed E-state index contributed by atoms with van der Waals surface area (Å²) in [6.45, 7) is 3.40. The highest BCUT2D eigenvalue weighted by Gasteiger charge is 2.20. The van der Waals surface area contributed by atoms with E-state index in [2.05, 4.69) is 0 Å². The molecule has 0 saturated heterocycles. The van der Waals surface area contributed by atoms with E-state index in [0.29, 0.717) is 12.8 Å². The Balaban J connectivity index is 4.02. The minimum absolute atomic E-state index is 0.309. The van der Waals surface area contributed by atoms with Gasteiger partial charge in [-0.2, -0.15) is 0 Å². The fraction of sp³-hybridized carbons (Fsp3) is 0.750. The Labute approximate surface area is 71.8 Å². The Morgan fingerprint density at radius 3 is 2.25 bits per heavy atom. The fourth-order valence-corrected chi connectivity index (χ4v) is 1.01. The number of carboxylic acids is 1. The van der Waals surface area contributed by atoms with Crippen molar-refractivity contribution in [2.45, 2.75) is 26.7 Å². The Bertz CT molecular complexity index is 179. The average Bonchev–Trinajstić information content (AvgIpc) is 1.98. The number of amides is 1. The molecule has 4 nitrogen and oxygen atoms in total. The van der Waals surface area contributed by atoms with Gasteiger partial charge >= 0.3 is 5.97 Å². The summed E-state index contributed by atoms with van der Waals surface area (Å²) >= 11 is 0. The lowest BCUT2D eigenvalue weighted by Crippen LogP contribution is -2.26. The molecule has 0 bridgehead atoms. The van der Waals surface area contributed by atoms with E-state index in [4.69, 9.17) is 10.8 Å². The third-order valence-electron chi connectivity index (χ3n) is 1.95. The molecule has 70 valence electrons. The van der Waals surface area contributed by atoms with Gasteiger partial charge in [0.25, 0.3) is 0 Å². The number of primary amides is 1. The molecule has 0 rings (SSSR count). The molecule has 1 unspecified atom stereocenters. The van der Waals surface area contributed by atoms with Gasteiger partial charge in [0, 0.05) is 5.92 Å². The van der Waals surface area contributed by atoms with Crippen LogP contribution in [0.3, 0.4) is 0 Å². The third kappa shape index (κ3) is 3.37. The maximum atomic E-state index is 10.7. The highest BCUT2D eigenvalue weighted by molar-refractivity contribution is 5.77. The van der Waals surface area contributed by atoms with E-state index >= 15 is 0 Å². The van der Waals surface area contributed by atoms with E-state index in [9.17, 15) is 9.59 Å². The summed E-state index contributed by atoms with van der Waals surface area (Å²) in [5.74, 6) is -2.10. The monoisotopic (exact) mass is 173 g/mol. The summed E-state index contributed by atoms with van der Waals surface area (Å²) < 4.78 is 0. The average molecular weight is 173 g/mol. The van der Waals surface area contributed by atoms with Gasteiger partial charge < -0.3 is 10.8 Å². The molecule has 0 aliphatic heterocycles. The molecule has 3 N–H and O–H groups in total. The third-order valence-corrected chi connectivity index (χ3v) is 1.95. The Kier molecular flexibility index (Phi) is 4.33. The molecule has 12 heavy (non-hydrogen) atoms. The van der Waals surface area contributed by atoms with Gasteiger partial charge in [-0.3, -0.25) is 9.59 Å². The number of nitrogens with two attached hydrogens (primary N) is 1. The molecule has 0 saturated carbocycles. The van der Waals surface area contributed by atoms with Crippen molar-refractivity contribution in [2.75, 3.05) is 0 Å². The lowest BCUT2D eigenvalue weighted by Gasteiger charge is -2.12. The number of aliphatic carboxylic acids is 1. The first-order chi connectivity index (χ1) is 5.49. The van der Waals surface area contributed by atoms with Crippen LogP contribution in [0, 0.1) is 11.8 Å². The smallest absolute Gasteiger partial charge is 0.306 e. The standard InChI is InChI=1S/C8H15NO3/c1-3-6(7(9)10)4-5(2)8(11)12/h5-6H,3-4H2,1-2H3,(H2,9,10)(H,11,12)/t5-,6?/m0/s1. The van der Waals surface area contributed by atoms with Crippen molar-refractivity contribution < 1.29 is 14.7 Å². The van der Waals surface area contributed by atoms with E-state index in [-0.39, 0.29) is 5.92 Å². The number of carbonyl (C=O) groups excluding carboxylic acids is 1. The van der Waals surface area contributed by atoms with Gasteiger partial charge in [-0.05, 0) is 12.8 Å². The maximum Gasteiger partial charge on any atom is 0.306 e. The van der Waals surface area contributed by atoms with Crippen molar-refractivity contribution in [3.8, 4) is 0 Å². The summed E-state index contributed by atoms with van der Waals surface area (Å²) in [6.07, 6.45) is 0.939. The molecule has 0 aliphatic rings. The van der Waals surface area contributed by atoms with Gasteiger partial charge in [0.2, 0.25) is 5.91 Å². The van der Waals surface area contributed by atoms with Crippen LogP contribution < -0.4 is 5.73 Å². The number of hydrogen-bond acceptors (Lipinski definition) is 2. The zero-order chi connectivity index (χ0) is 9.72. The van der Waals surface area contributed by atoms with Crippen molar-refractivity contribution in [2.24, 2.45) is 17.6 Å². The zero-order valence-corrected chi connectivity index (χ0v) is 7.41. The van der Waals surface area contributed by atoms with E-state index in [1.807, 2.05) is 6.92 Å². The molecule has 0 heterocycles. The van der Waals surface area contributed by atoms with Crippen molar-refractivity contribution in [1.29, 1.82) is 0 Å². The van der Waals surface area contributed by atoms with Crippen molar-refractivity contribution in [3.63, 3.8) is 0 Å². The molecule has 0 spiro atoms. The first-order valence-corrected chi connectivity index (χ1v) is 4.01. The number of carboxylic acid groups (broad SMARTS) is 1. The zero-order valence-electron chi connectivity index (χ0n) is 7.41. The van der Waals surface area contributed by atoms with E-state index in [1.54, 1.807) is 6.92 Å². The van der Waals surface area contributed by atoms with Crippen LogP contribution >= 0.6 is 0 Å². The summed E-state index contributed by atoms with van der Waals surface area (Å²) in [6, 6.07) is 0. The second-order valence-corrected chi connectivity index (χ2v) is 2.98. The van der Waals surface area contributed by atoms with Crippen molar-refractivity contribution in [3.05, 3.63) is 0 Å². The molecule has 0 aromatic carbocycles. The summed E-state index contributed by atoms with van der Waals surface area (Å²) in [5.41, 5.74) is 5.06. The van der Waals surface area contributed by atoms with Crippen LogP contribution in [-0.4, -0.2) is 17.0 Å². The van der Waals surface area contributed by atoms with Crippen LogP contribution in [-0.2, 0) is 9.59 Å². The molecule has 4 heteroatoms. The lowest BCUT2D eigenvalue weighted by atomic mass is 9.93. The van der Waals surface area contributed by atoms with Crippen LogP contribution in [0.4, 0.5) is 0 Å². The number of carbonyl (C=O) groups is 2. The minimum Gasteiger partial charge on any atom is -0.481 e. The van der Waals surface area contributed by atoms with Crippen LogP contribution in [0.15, 0.2) is 0 Å². The largest absolute Gasteiger partial charge is 0.481 e. The topological polar surface area (TPSA) is 80.4 Å². The molecular weight excluding hydrogens is 158 g/mol. The van der Waals surface area contributed by atoms with E-state index in [1.165, 1.54) is 0 Å². The molecule has 1 amide bonds. The highest BCUT2D eigenvalue weighted by Crippen LogP contribution is 2.14. The second kappa shape index (κ2) is 4.74. The predicted octanol–water partition coefficient (Wildman–Crippen LogP) is 0.609. The van der Waals surface area contributed by atoms with Crippen LogP contribution in [0.5, 0.6) is 0 Å². The Morgan fingerprint density at radius 2 is 2.00 bits per heavy atom. The van der Waals surface area contributed by atoms with Gasteiger partial charge in [0.1, 0.15) is 0 Å². The SMILES string of the molecule is CCC(C[C@H](C)C(=O)O)C(N)=O. The molecule has 0 aliphatic carbocycles. The van der Waals surface area contributed by atoms with E-state index in [0.717, 1.165) is 0 Å². The van der Waals surface area contributed by atoms with Crippen LogP contribution in [0.25, 0.3) is 0 Å². The molecule has 0 radical (unpaired) electrons. The summed E-state index contributed by atoms with van der Waals surface area (Å²) in [7, 11) is 0. The minimum atomic E-state index is -0.880. The van der Waals surface area contributed by atoms with Crippen LogP contribution in [0.1, 0.15) is 26.7 Å². The van der Waals surface area contributed by atoms with Crippen LogP contribution in [0.2, 0.25) is 0 Å². The maximum absolute atomic E-state index is 10.7. The number of hydrogen-bond donors (Lipinski definition) is 2. The van der Waals surface area contributed by atoms with Crippen molar-refractivity contribution >= 4 is 11.9 Å². The first-order valence-electron chi connectivity index (χ1n) is 4.01. The van der Waals surface area contributed by atoms with Gasteiger partial charge in [-0.15, -0.1) is 0 Å². The van der Waals surface area contributed by atoms with Gasteiger partial charge in [0.15, 0.2) is 0 Å². The fourth-order valence-electron chi connectivity index (χ4n) is 1.01. The predicted molar refractivity (Wildman–Crippen MR) is 44.4 cm³/mol. The van der Waals surface area contributed by atoms with Gasteiger partial charge in [-0.1, -0.05) is 13.8 Å². The quantitative estimate of drug-likeness (QED) is 0.639. The van der Waals surface area contributed by atoms with Crippen molar-refractivity contribution in [1.82, 2.24) is 0 Å². The normalized spacial score (nSPS) is 15.2. The Morgan fingerprint density at radius 1 is 1.50 bits per heavy atom. The lowest BCUT2D eigenvalue weighted by molar-refractivity contribution is -0.141. The molecule has 0 fully saturated rings. The molecular formula is C8H15NO3. The summed E-state index contributed by atoms with van der Waals surface area (Å²) in [4.78, 5) is 21.1. The highest BCUT2D eigenvalue weighted by atomic mass is 16.4. The van der Waals surface area contributed by atoms with Gasteiger partial charge in [0.05, 0.1) is 5.92 Å². The number of rotatable bonds is 5. The molecule has 2 atom stereocenters. The first kappa shape index (κ1) is 10.9. The van der Waals surface area contributed by atoms with Gasteiger partial charge in [-0.25, -0.2) is 0 Å². The molecule has 0 aromatic heterocycles. The van der Waals surface area contributed by atoms with E-state index < -0.39 is 17.8 Å². The second-order valence-electron chi connectivity index (χ2n) is 2.98.